The van der Waals surface area contributed by atoms with Crippen LogP contribution in [0.15, 0.2) is 59.7 Å². The Morgan fingerprint density at radius 1 is 1.05 bits per heavy atom. The van der Waals surface area contributed by atoms with Gasteiger partial charge in [-0.3, -0.25) is 4.90 Å². The highest BCUT2D eigenvalue weighted by molar-refractivity contribution is 6.14. The number of hydrogen-bond acceptors (Lipinski definition) is 2. The summed E-state index contributed by atoms with van der Waals surface area (Å²) in [5, 5.41) is 4.33. The molecule has 4 heteroatoms. The van der Waals surface area contributed by atoms with Crippen molar-refractivity contribution in [3.63, 3.8) is 0 Å². The van der Waals surface area contributed by atoms with Crippen LogP contribution in [-0.4, -0.2) is 17.8 Å². The zero-order chi connectivity index (χ0) is 14.2. The monoisotopic (exact) mass is 277 g/mol. The normalized spacial score (nSPS) is 20.2. The van der Waals surface area contributed by atoms with Crippen LogP contribution in [-0.2, 0) is 6.42 Å². The number of carbonyl (C=O) groups is 1. The Morgan fingerprint density at radius 2 is 1.81 bits per heavy atom. The fourth-order valence-corrected chi connectivity index (χ4v) is 3.17. The summed E-state index contributed by atoms with van der Waals surface area (Å²) in [5.41, 5.74) is 6.96. The number of carbonyl (C=O) groups excluding carboxylic acids is 1. The largest absolute Gasteiger partial charge is 0.342 e. The Labute approximate surface area is 123 Å². The molecule has 2 aliphatic rings. The van der Waals surface area contributed by atoms with Crippen molar-refractivity contribution in [1.29, 1.82) is 0 Å². The average molecular weight is 277 g/mol. The van der Waals surface area contributed by atoms with Crippen LogP contribution in [0.2, 0.25) is 0 Å². The molecule has 0 fully saturated rings. The lowest BCUT2D eigenvalue weighted by molar-refractivity contribution is 0.244. The second kappa shape index (κ2) is 4.74. The minimum absolute atomic E-state index is 0.0102. The number of anilines is 1. The fraction of sp³-hybridized carbons (Fsp3) is 0.176. The van der Waals surface area contributed by atoms with Gasteiger partial charge in [-0.15, -0.1) is 0 Å². The highest BCUT2D eigenvalue weighted by atomic mass is 16.2. The maximum atomic E-state index is 12.3. The first-order chi connectivity index (χ1) is 10.3. The van der Waals surface area contributed by atoms with Crippen LogP contribution < -0.4 is 10.3 Å². The van der Waals surface area contributed by atoms with Crippen molar-refractivity contribution in [1.82, 2.24) is 5.43 Å². The van der Waals surface area contributed by atoms with Crippen molar-refractivity contribution in [2.24, 2.45) is 5.10 Å². The van der Waals surface area contributed by atoms with E-state index in [1.165, 1.54) is 5.56 Å². The number of para-hydroxylation sites is 1. The Morgan fingerprint density at radius 3 is 2.67 bits per heavy atom. The third-order valence-corrected chi connectivity index (χ3v) is 4.13. The number of amides is 2. The number of fused-ring (bicyclic) bond motifs is 3. The molecule has 2 amide bonds. The van der Waals surface area contributed by atoms with Gasteiger partial charge in [-0.25, -0.2) is 10.2 Å². The van der Waals surface area contributed by atoms with Gasteiger partial charge in [0, 0.05) is 11.3 Å². The van der Waals surface area contributed by atoms with Gasteiger partial charge in [0.15, 0.2) is 0 Å². The van der Waals surface area contributed by atoms with E-state index >= 15 is 0 Å². The summed E-state index contributed by atoms with van der Waals surface area (Å²) in [4.78, 5) is 14.1. The van der Waals surface area contributed by atoms with Gasteiger partial charge >= 0.3 is 6.03 Å². The molecule has 1 aliphatic heterocycles. The van der Waals surface area contributed by atoms with Crippen molar-refractivity contribution < 1.29 is 4.79 Å². The van der Waals surface area contributed by atoms with Crippen LogP contribution in [0.4, 0.5) is 10.5 Å². The molecule has 21 heavy (non-hydrogen) atoms. The maximum Gasteiger partial charge on any atom is 0.342 e. The molecule has 2 aromatic carbocycles. The summed E-state index contributed by atoms with van der Waals surface area (Å²) >= 11 is 0. The van der Waals surface area contributed by atoms with E-state index in [-0.39, 0.29) is 12.1 Å². The quantitative estimate of drug-likeness (QED) is 0.855. The molecule has 0 spiro atoms. The molecule has 0 saturated carbocycles. The number of nitrogens with one attached hydrogen (secondary N) is 1. The van der Waals surface area contributed by atoms with Crippen molar-refractivity contribution in [2.75, 3.05) is 4.90 Å². The first-order valence-electron chi connectivity index (χ1n) is 7.15. The molecule has 0 saturated heterocycles. The van der Waals surface area contributed by atoms with Crippen molar-refractivity contribution >= 4 is 17.4 Å². The van der Waals surface area contributed by atoms with Gasteiger partial charge in [-0.2, -0.15) is 5.10 Å². The van der Waals surface area contributed by atoms with E-state index in [1.807, 2.05) is 41.3 Å². The molecular weight excluding hydrogens is 262 g/mol. The molecule has 1 aliphatic carbocycles. The third-order valence-electron chi connectivity index (χ3n) is 4.13. The number of nitrogens with zero attached hydrogens (tertiary/aromatic N) is 2. The Kier molecular flexibility index (Phi) is 2.74. The van der Waals surface area contributed by atoms with E-state index in [9.17, 15) is 4.79 Å². The lowest BCUT2D eigenvalue weighted by atomic mass is 9.85. The predicted octanol–water partition coefficient (Wildman–Crippen LogP) is 2.94. The first kappa shape index (κ1) is 12.1. The van der Waals surface area contributed by atoms with Gasteiger partial charge in [0.1, 0.15) is 0 Å². The second-order valence-corrected chi connectivity index (χ2v) is 5.33. The van der Waals surface area contributed by atoms with E-state index in [0.29, 0.717) is 0 Å². The molecule has 0 radical (unpaired) electrons. The van der Waals surface area contributed by atoms with Gasteiger partial charge in [-0.1, -0.05) is 42.5 Å². The van der Waals surface area contributed by atoms with E-state index in [2.05, 4.69) is 28.7 Å². The standard InChI is InChI=1S/C17H15N3O/c21-17-19-18-16-14-9-5-4-6-12(14)10-11-15(16)20(17)13-7-2-1-3-8-13/h1-9,15H,10-11H2,(H,19,21). The van der Waals surface area contributed by atoms with E-state index in [0.717, 1.165) is 29.8 Å². The molecule has 4 nitrogen and oxygen atoms in total. The van der Waals surface area contributed by atoms with Crippen LogP contribution >= 0.6 is 0 Å². The number of urea groups is 1. The minimum Gasteiger partial charge on any atom is -0.284 e. The van der Waals surface area contributed by atoms with Crippen LogP contribution in [0.25, 0.3) is 0 Å². The molecule has 0 bridgehead atoms. The molecule has 4 rings (SSSR count). The molecule has 104 valence electrons. The molecule has 1 atom stereocenters. The molecule has 1 unspecified atom stereocenters. The third kappa shape index (κ3) is 1.91. The smallest absolute Gasteiger partial charge is 0.284 e. The zero-order valence-corrected chi connectivity index (χ0v) is 11.5. The van der Waals surface area contributed by atoms with Crippen LogP contribution in [0.1, 0.15) is 17.5 Å². The van der Waals surface area contributed by atoms with Gasteiger partial charge in [0.05, 0.1) is 11.8 Å². The Balaban J connectivity index is 1.81. The fourth-order valence-electron chi connectivity index (χ4n) is 3.17. The number of rotatable bonds is 1. The molecule has 2 aromatic rings. The zero-order valence-electron chi connectivity index (χ0n) is 11.5. The summed E-state index contributed by atoms with van der Waals surface area (Å²) in [6.07, 6.45) is 1.87. The number of benzene rings is 2. The Bertz CT molecular complexity index is 724. The number of aryl methyl sites for hydroxylation is 1. The summed E-state index contributed by atoms with van der Waals surface area (Å²) in [6, 6.07) is 17.9. The van der Waals surface area contributed by atoms with Gasteiger partial charge in [0.25, 0.3) is 0 Å². The van der Waals surface area contributed by atoms with Gasteiger partial charge < -0.3 is 0 Å². The number of hydrazone groups is 1. The van der Waals surface area contributed by atoms with Gasteiger partial charge in [0.2, 0.25) is 0 Å². The average Bonchev–Trinajstić information content (AvgIpc) is 2.55. The van der Waals surface area contributed by atoms with E-state index in [4.69, 9.17) is 0 Å². The van der Waals surface area contributed by atoms with E-state index < -0.39 is 0 Å². The van der Waals surface area contributed by atoms with E-state index in [1.54, 1.807) is 0 Å². The molecule has 1 N–H and O–H groups in total. The topological polar surface area (TPSA) is 44.7 Å². The SMILES string of the molecule is O=C1NN=C2c3ccccc3CCC2N1c1ccccc1. The predicted molar refractivity (Wildman–Crippen MR) is 82.5 cm³/mol. The highest BCUT2D eigenvalue weighted by Crippen LogP contribution is 2.30. The molecular formula is C17H15N3O. The van der Waals surface area contributed by atoms with Crippen molar-refractivity contribution in [3.05, 3.63) is 65.7 Å². The summed E-state index contributed by atoms with van der Waals surface area (Å²) in [7, 11) is 0. The van der Waals surface area contributed by atoms with Crippen LogP contribution in [0.3, 0.4) is 0 Å². The van der Waals surface area contributed by atoms with Crippen molar-refractivity contribution in [3.8, 4) is 0 Å². The first-order valence-corrected chi connectivity index (χ1v) is 7.15. The van der Waals surface area contributed by atoms with Crippen LogP contribution in [0, 0.1) is 0 Å². The summed E-state index contributed by atoms with van der Waals surface area (Å²) in [6.45, 7) is 0. The number of hydrogen-bond donors (Lipinski definition) is 1. The molecule has 1 heterocycles. The summed E-state index contributed by atoms with van der Waals surface area (Å²) < 4.78 is 0. The van der Waals surface area contributed by atoms with Gasteiger partial charge in [-0.05, 0) is 30.5 Å². The Hall–Kier alpha value is -2.62. The maximum absolute atomic E-state index is 12.3. The highest BCUT2D eigenvalue weighted by Gasteiger charge is 2.36. The minimum atomic E-state index is -0.158. The lowest BCUT2D eigenvalue weighted by Gasteiger charge is -2.38. The van der Waals surface area contributed by atoms with Crippen molar-refractivity contribution in [2.45, 2.75) is 18.9 Å². The second-order valence-electron chi connectivity index (χ2n) is 5.33. The van der Waals surface area contributed by atoms with Crippen LogP contribution in [0.5, 0.6) is 0 Å². The lowest BCUT2D eigenvalue weighted by Crippen LogP contribution is -2.55. The summed E-state index contributed by atoms with van der Waals surface area (Å²) in [5.74, 6) is 0. The molecule has 0 aromatic heterocycles.